The van der Waals surface area contributed by atoms with E-state index in [2.05, 4.69) is 0 Å². The summed E-state index contributed by atoms with van der Waals surface area (Å²) < 4.78 is 14.9. The van der Waals surface area contributed by atoms with Gasteiger partial charge in [-0.05, 0) is 17.2 Å². The molecular weight excluding hydrogens is 249 g/mol. The Kier molecular flexibility index (Phi) is 4.00. The lowest BCUT2D eigenvalue weighted by Crippen LogP contribution is -2.32. The van der Waals surface area contributed by atoms with E-state index in [1.165, 1.54) is 0 Å². The fraction of sp³-hybridized carbons (Fsp3) is 0.200. The van der Waals surface area contributed by atoms with Gasteiger partial charge in [0.25, 0.3) is 0 Å². The Morgan fingerprint density at radius 3 is 2.22 bits per heavy atom. The Morgan fingerprint density at radius 1 is 1.00 bits per heavy atom. The third-order valence-corrected chi connectivity index (χ3v) is 3.41. The minimum atomic E-state index is -1.58. The zero-order valence-corrected chi connectivity index (χ0v) is 10.7. The average molecular weight is 264 g/mol. The van der Waals surface area contributed by atoms with Gasteiger partial charge in [0.05, 0.1) is 0 Å². The van der Waals surface area contributed by atoms with Gasteiger partial charge in [0, 0.05) is 18.0 Å². The minimum Gasteiger partial charge on any atom is -0.327 e. The predicted molar refractivity (Wildman–Crippen MR) is 73.4 cm³/mol. The van der Waals surface area contributed by atoms with Crippen LogP contribution in [0.1, 0.15) is 11.1 Å². The summed E-state index contributed by atoms with van der Waals surface area (Å²) >= 11 is 6.07. The second-order valence-electron chi connectivity index (χ2n) is 4.30. The van der Waals surface area contributed by atoms with Crippen LogP contribution in [-0.4, -0.2) is 6.54 Å². The van der Waals surface area contributed by atoms with Crippen LogP contribution >= 0.6 is 11.6 Å². The standard InChI is InChI=1S/C15H15ClFN/c16-14-9-5-4-6-12(14)10-15(17,11-18)13-7-2-1-3-8-13/h1-9H,10-11,18H2. The topological polar surface area (TPSA) is 26.0 Å². The van der Waals surface area contributed by atoms with Crippen molar-refractivity contribution in [3.63, 3.8) is 0 Å². The first-order chi connectivity index (χ1) is 8.65. The third kappa shape index (κ3) is 2.71. The molecule has 2 aromatic carbocycles. The number of nitrogens with two attached hydrogens (primary N) is 1. The van der Waals surface area contributed by atoms with Crippen LogP contribution in [0.25, 0.3) is 0 Å². The lowest BCUT2D eigenvalue weighted by molar-refractivity contribution is 0.175. The molecule has 0 saturated heterocycles. The molecule has 2 N–H and O–H groups in total. The lowest BCUT2D eigenvalue weighted by atomic mass is 9.89. The molecule has 0 aliphatic rings. The maximum Gasteiger partial charge on any atom is 0.152 e. The highest BCUT2D eigenvalue weighted by atomic mass is 35.5. The van der Waals surface area contributed by atoms with Crippen LogP contribution in [-0.2, 0) is 12.1 Å². The van der Waals surface area contributed by atoms with Gasteiger partial charge in [0.1, 0.15) is 0 Å². The Morgan fingerprint density at radius 2 is 1.61 bits per heavy atom. The number of alkyl halides is 1. The summed E-state index contributed by atoms with van der Waals surface area (Å²) in [6.07, 6.45) is 0.188. The molecule has 0 radical (unpaired) electrons. The lowest BCUT2D eigenvalue weighted by Gasteiger charge is -2.24. The molecule has 0 spiro atoms. The van der Waals surface area contributed by atoms with Gasteiger partial charge >= 0.3 is 0 Å². The average Bonchev–Trinajstić information content (AvgIpc) is 2.42. The molecule has 1 unspecified atom stereocenters. The Bertz CT molecular complexity index is 515. The highest BCUT2D eigenvalue weighted by molar-refractivity contribution is 6.31. The molecule has 94 valence electrons. The Hall–Kier alpha value is -1.38. The fourth-order valence-corrected chi connectivity index (χ4v) is 2.18. The number of halogens is 2. The summed E-state index contributed by atoms with van der Waals surface area (Å²) in [4.78, 5) is 0. The van der Waals surface area contributed by atoms with E-state index in [4.69, 9.17) is 17.3 Å². The summed E-state index contributed by atoms with van der Waals surface area (Å²) in [7, 11) is 0. The van der Waals surface area contributed by atoms with Gasteiger partial charge in [0.2, 0.25) is 0 Å². The number of rotatable bonds is 4. The number of hydrogen-bond acceptors (Lipinski definition) is 1. The maximum atomic E-state index is 14.9. The molecule has 0 aliphatic carbocycles. The predicted octanol–water partition coefficient (Wildman–Crippen LogP) is 3.71. The van der Waals surface area contributed by atoms with E-state index in [9.17, 15) is 4.39 Å². The second kappa shape index (κ2) is 5.51. The molecule has 0 aliphatic heterocycles. The zero-order chi connectivity index (χ0) is 13.0. The molecule has 0 saturated carbocycles. The highest BCUT2D eigenvalue weighted by Gasteiger charge is 2.31. The maximum absolute atomic E-state index is 14.9. The summed E-state index contributed by atoms with van der Waals surface area (Å²) in [6.45, 7) is -0.0672. The highest BCUT2D eigenvalue weighted by Crippen LogP contribution is 2.31. The van der Waals surface area contributed by atoms with Crippen molar-refractivity contribution >= 4 is 11.6 Å². The molecule has 2 rings (SSSR count). The zero-order valence-electron chi connectivity index (χ0n) is 9.94. The number of benzene rings is 2. The first-order valence-electron chi connectivity index (χ1n) is 5.83. The number of hydrogen-bond donors (Lipinski definition) is 1. The van der Waals surface area contributed by atoms with Gasteiger partial charge in [-0.3, -0.25) is 0 Å². The molecule has 18 heavy (non-hydrogen) atoms. The van der Waals surface area contributed by atoms with E-state index >= 15 is 0 Å². The van der Waals surface area contributed by atoms with Crippen molar-refractivity contribution in [3.8, 4) is 0 Å². The molecule has 0 fully saturated rings. The third-order valence-electron chi connectivity index (χ3n) is 3.04. The molecule has 2 aromatic rings. The van der Waals surface area contributed by atoms with E-state index in [0.717, 1.165) is 5.56 Å². The van der Waals surface area contributed by atoms with Gasteiger partial charge in [-0.1, -0.05) is 60.1 Å². The van der Waals surface area contributed by atoms with Crippen LogP contribution in [0.15, 0.2) is 54.6 Å². The van der Waals surface area contributed by atoms with Crippen molar-refractivity contribution in [3.05, 3.63) is 70.7 Å². The van der Waals surface area contributed by atoms with E-state index in [1.54, 1.807) is 18.2 Å². The molecule has 1 atom stereocenters. The van der Waals surface area contributed by atoms with E-state index in [0.29, 0.717) is 10.6 Å². The first-order valence-corrected chi connectivity index (χ1v) is 6.21. The first kappa shape index (κ1) is 13.1. The van der Waals surface area contributed by atoms with Gasteiger partial charge in [0.15, 0.2) is 5.67 Å². The normalized spacial score (nSPS) is 14.2. The van der Waals surface area contributed by atoms with Crippen molar-refractivity contribution in [2.24, 2.45) is 5.73 Å². The van der Waals surface area contributed by atoms with E-state index in [-0.39, 0.29) is 13.0 Å². The van der Waals surface area contributed by atoms with Crippen molar-refractivity contribution < 1.29 is 4.39 Å². The summed E-state index contributed by atoms with van der Waals surface area (Å²) in [5.74, 6) is 0. The van der Waals surface area contributed by atoms with Crippen molar-refractivity contribution in [2.75, 3.05) is 6.54 Å². The Labute approximate surface area is 111 Å². The molecule has 3 heteroatoms. The van der Waals surface area contributed by atoms with E-state index < -0.39 is 5.67 Å². The SMILES string of the molecule is NCC(F)(Cc1ccccc1Cl)c1ccccc1. The summed E-state index contributed by atoms with van der Waals surface area (Å²) in [5.41, 5.74) is 5.41. The minimum absolute atomic E-state index is 0.0672. The summed E-state index contributed by atoms with van der Waals surface area (Å²) in [5, 5.41) is 0.573. The van der Waals surface area contributed by atoms with Crippen molar-refractivity contribution in [1.82, 2.24) is 0 Å². The van der Waals surface area contributed by atoms with Crippen LogP contribution < -0.4 is 5.73 Å². The molecule has 0 amide bonds. The smallest absolute Gasteiger partial charge is 0.152 e. The summed E-state index contributed by atoms with van der Waals surface area (Å²) in [6, 6.07) is 16.3. The second-order valence-corrected chi connectivity index (χ2v) is 4.71. The van der Waals surface area contributed by atoms with Gasteiger partial charge in [-0.2, -0.15) is 0 Å². The van der Waals surface area contributed by atoms with Gasteiger partial charge in [-0.25, -0.2) is 4.39 Å². The van der Waals surface area contributed by atoms with Gasteiger partial charge < -0.3 is 5.73 Å². The van der Waals surface area contributed by atoms with Crippen LogP contribution in [0, 0.1) is 0 Å². The monoisotopic (exact) mass is 263 g/mol. The molecular formula is C15H15ClFN. The quantitative estimate of drug-likeness (QED) is 0.894. The molecule has 0 aromatic heterocycles. The van der Waals surface area contributed by atoms with Gasteiger partial charge in [-0.15, -0.1) is 0 Å². The van der Waals surface area contributed by atoms with Crippen LogP contribution in [0.5, 0.6) is 0 Å². The van der Waals surface area contributed by atoms with Crippen LogP contribution in [0.2, 0.25) is 5.02 Å². The molecule has 0 heterocycles. The molecule has 0 bridgehead atoms. The van der Waals surface area contributed by atoms with Crippen LogP contribution in [0.3, 0.4) is 0 Å². The van der Waals surface area contributed by atoms with Crippen molar-refractivity contribution in [1.29, 1.82) is 0 Å². The largest absolute Gasteiger partial charge is 0.327 e. The van der Waals surface area contributed by atoms with E-state index in [1.807, 2.05) is 36.4 Å². The molecule has 1 nitrogen and oxygen atoms in total. The van der Waals surface area contributed by atoms with Crippen LogP contribution in [0.4, 0.5) is 4.39 Å². The fourth-order valence-electron chi connectivity index (χ4n) is 1.97. The van der Waals surface area contributed by atoms with Crippen molar-refractivity contribution in [2.45, 2.75) is 12.1 Å². The Balaban J connectivity index is 2.32.